The van der Waals surface area contributed by atoms with Crippen molar-refractivity contribution in [3.05, 3.63) is 53.6 Å². The van der Waals surface area contributed by atoms with Gasteiger partial charge in [0.15, 0.2) is 6.10 Å². The second-order valence-electron chi connectivity index (χ2n) is 3.92. The van der Waals surface area contributed by atoms with Crippen molar-refractivity contribution < 1.29 is 14.0 Å². The third-order valence-corrected chi connectivity index (χ3v) is 3.34. The van der Waals surface area contributed by atoms with Gasteiger partial charge in [-0.2, -0.15) is 0 Å². The SMILES string of the molecule is O=[P+](O)OC1C=Cc2cccc3cccc1c23. The average Bonchev–Trinajstić information content (AvgIpc) is 2.33. The maximum absolute atomic E-state index is 10.8. The van der Waals surface area contributed by atoms with Crippen molar-refractivity contribution in [1.82, 2.24) is 0 Å². The van der Waals surface area contributed by atoms with Gasteiger partial charge in [0.1, 0.15) is 0 Å². The Bertz CT molecular complexity index is 628. The summed E-state index contributed by atoms with van der Waals surface area (Å²) in [5.41, 5.74) is 2.06. The summed E-state index contributed by atoms with van der Waals surface area (Å²) in [4.78, 5) is 8.86. The lowest BCUT2D eigenvalue weighted by molar-refractivity contribution is 0.234. The molecule has 1 N–H and O–H groups in total. The van der Waals surface area contributed by atoms with Gasteiger partial charge in [0.05, 0.1) is 0 Å². The van der Waals surface area contributed by atoms with E-state index in [1.54, 1.807) is 6.08 Å². The molecule has 0 fully saturated rings. The van der Waals surface area contributed by atoms with E-state index in [9.17, 15) is 4.57 Å². The fourth-order valence-electron chi connectivity index (χ4n) is 2.26. The molecule has 3 rings (SSSR count). The number of hydrogen-bond acceptors (Lipinski definition) is 2. The van der Waals surface area contributed by atoms with E-state index in [0.29, 0.717) is 0 Å². The molecule has 0 spiro atoms. The van der Waals surface area contributed by atoms with Gasteiger partial charge in [-0.3, -0.25) is 0 Å². The van der Waals surface area contributed by atoms with Gasteiger partial charge in [0, 0.05) is 4.57 Å². The van der Waals surface area contributed by atoms with Gasteiger partial charge in [-0.15, -0.1) is 9.42 Å². The summed E-state index contributed by atoms with van der Waals surface area (Å²) in [6, 6.07) is 11.9. The highest BCUT2D eigenvalue weighted by Crippen LogP contribution is 2.38. The minimum Gasteiger partial charge on any atom is -0.133 e. The second-order valence-corrected chi connectivity index (χ2v) is 4.60. The maximum atomic E-state index is 10.8. The first-order valence-electron chi connectivity index (χ1n) is 5.28. The van der Waals surface area contributed by atoms with Crippen molar-refractivity contribution in [1.29, 1.82) is 0 Å². The fourth-order valence-corrected chi connectivity index (χ4v) is 2.64. The van der Waals surface area contributed by atoms with Crippen molar-refractivity contribution in [2.45, 2.75) is 6.10 Å². The molecule has 0 bridgehead atoms. The Balaban J connectivity index is 2.23. The third kappa shape index (κ3) is 1.79. The maximum Gasteiger partial charge on any atom is 0.695 e. The third-order valence-electron chi connectivity index (χ3n) is 2.93. The van der Waals surface area contributed by atoms with Crippen LogP contribution in [-0.4, -0.2) is 4.89 Å². The lowest BCUT2D eigenvalue weighted by Gasteiger charge is -2.16. The van der Waals surface area contributed by atoms with Crippen LogP contribution in [-0.2, 0) is 9.09 Å². The lowest BCUT2D eigenvalue weighted by atomic mass is 9.92. The van der Waals surface area contributed by atoms with Gasteiger partial charge < -0.3 is 0 Å². The van der Waals surface area contributed by atoms with Crippen LogP contribution in [0.1, 0.15) is 17.2 Å². The van der Waals surface area contributed by atoms with E-state index in [1.165, 1.54) is 0 Å². The van der Waals surface area contributed by atoms with Crippen molar-refractivity contribution in [2.75, 3.05) is 0 Å². The van der Waals surface area contributed by atoms with E-state index in [2.05, 4.69) is 0 Å². The molecule has 0 heterocycles. The predicted molar refractivity (Wildman–Crippen MR) is 66.6 cm³/mol. The molecule has 2 aromatic carbocycles. The molecule has 0 saturated heterocycles. The van der Waals surface area contributed by atoms with Gasteiger partial charge in [-0.05, 0) is 28.0 Å². The topological polar surface area (TPSA) is 46.5 Å². The summed E-state index contributed by atoms with van der Waals surface area (Å²) >= 11 is 0. The monoisotopic (exact) mass is 245 g/mol. The van der Waals surface area contributed by atoms with E-state index >= 15 is 0 Å². The van der Waals surface area contributed by atoms with E-state index in [-0.39, 0.29) is 0 Å². The summed E-state index contributed by atoms with van der Waals surface area (Å²) in [5.74, 6) is 0. The molecular weight excluding hydrogens is 235 g/mol. The minimum absolute atomic E-state index is 0.442. The Morgan fingerprint density at radius 1 is 1.18 bits per heavy atom. The van der Waals surface area contributed by atoms with Crippen molar-refractivity contribution in [3.63, 3.8) is 0 Å². The van der Waals surface area contributed by atoms with Crippen molar-refractivity contribution in [3.8, 4) is 0 Å². The van der Waals surface area contributed by atoms with Crippen LogP contribution >= 0.6 is 8.25 Å². The molecule has 2 unspecified atom stereocenters. The molecule has 0 aliphatic heterocycles. The van der Waals surface area contributed by atoms with Crippen LogP contribution in [0.4, 0.5) is 0 Å². The van der Waals surface area contributed by atoms with Gasteiger partial charge in [-0.1, -0.05) is 42.5 Å². The van der Waals surface area contributed by atoms with Gasteiger partial charge in [0.25, 0.3) is 0 Å². The smallest absolute Gasteiger partial charge is 0.133 e. The van der Waals surface area contributed by atoms with Crippen molar-refractivity contribution >= 4 is 25.1 Å². The molecule has 3 nitrogen and oxygen atoms in total. The molecule has 1 aliphatic rings. The quantitative estimate of drug-likeness (QED) is 0.822. The van der Waals surface area contributed by atoms with Gasteiger partial charge in [0.2, 0.25) is 0 Å². The molecule has 0 saturated carbocycles. The average molecular weight is 245 g/mol. The normalized spacial score (nSPS) is 18.4. The van der Waals surface area contributed by atoms with Crippen LogP contribution in [0.5, 0.6) is 0 Å². The molecule has 2 aromatic rings. The highest BCUT2D eigenvalue weighted by Gasteiger charge is 2.26. The van der Waals surface area contributed by atoms with Gasteiger partial charge in [-0.25, -0.2) is 0 Å². The summed E-state index contributed by atoms with van der Waals surface area (Å²) in [6.07, 6.45) is 3.29. The first kappa shape index (κ1) is 10.6. The van der Waals surface area contributed by atoms with Crippen LogP contribution in [0.2, 0.25) is 0 Å². The standard InChI is InChI=1S/C13H9O3P/c14-17(15)16-12-8-7-10-4-1-3-9-5-2-6-11(12)13(9)10/h1-8,12H/p+1. The Hall–Kier alpha value is -1.54. The van der Waals surface area contributed by atoms with Crippen LogP contribution in [0, 0.1) is 0 Å². The summed E-state index contributed by atoms with van der Waals surface area (Å²) in [5, 5.41) is 2.21. The Morgan fingerprint density at radius 3 is 2.71 bits per heavy atom. The molecule has 1 aliphatic carbocycles. The second kappa shape index (κ2) is 4.04. The zero-order chi connectivity index (χ0) is 11.8. The zero-order valence-electron chi connectivity index (χ0n) is 8.91. The van der Waals surface area contributed by atoms with Crippen LogP contribution in [0.25, 0.3) is 16.8 Å². The lowest BCUT2D eigenvalue weighted by Crippen LogP contribution is -2.02. The van der Waals surface area contributed by atoms with E-state index in [0.717, 1.165) is 21.9 Å². The van der Waals surface area contributed by atoms with E-state index in [1.807, 2.05) is 42.5 Å². The predicted octanol–water partition coefficient (Wildman–Crippen LogP) is 3.57. The molecule has 0 amide bonds. The van der Waals surface area contributed by atoms with Crippen LogP contribution in [0.3, 0.4) is 0 Å². The molecule has 4 heteroatoms. The summed E-state index contributed by atoms with van der Waals surface area (Å²) in [7, 11) is -2.60. The first-order chi connectivity index (χ1) is 8.25. The first-order valence-corrected chi connectivity index (χ1v) is 6.41. The van der Waals surface area contributed by atoms with Gasteiger partial charge >= 0.3 is 8.25 Å². The summed E-state index contributed by atoms with van der Waals surface area (Å²) in [6.45, 7) is 0. The highest BCUT2D eigenvalue weighted by molar-refractivity contribution is 7.32. The molecule has 17 heavy (non-hydrogen) atoms. The number of rotatable bonds is 2. The Labute approximate surface area is 99.3 Å². The minimum atomic E-state index is -2.60. The zero-order valence-corrected chi connectivity index (χ0v) is 9.80. The highest BCUT2D eigenvalue weighted by atomic mass is 31.1. The van der Waals surface area contributed by atoms with E-state index in [4.69, 9.17) is 9.42 Å². The van der Waals surface area contributed by atoms with Crippen LogP contribution < -0.4 is 0 Å². The largest absolute Gasteiger partial charge is 0.695 e. The van der Waals surface area contributed by atoms with Crippen molar-refractivity contribution in [2.24, 2.45) is 0 Å². The number of benzene rings is 2. The number of hydrogen-bond donors (Lipinski definition) is 1. The Morgan fingerprint density at radius 2 is 1.94 bits per heavy atom. The molecule has 0 aromatic heterocycles. The molecular formula is C13H10O3P+. The Kier molecular flexibility index (Phi) is 2.52. The van der Waals surface area contributed by atoms with E-state index < -0.39 is 14.4 Å². The summed E-state index contributed by atoms with van der Waals surface area (Å²) < 4.78 is 15.8. The molecule has 84 valence electrons. The molecule has 2 atom stereocenters. The molecule has 0 radical (unpaired) electrons. The fraction of sp³-hybridized carbons (Fsp3) is 0.0769. The van der Waals surface area contributed by atoms with Crippen LogP contribution in [0.15, 0.2) is 42.5 Å².